The van der Waals surface area contributed by atoms with Crippen LogP contribution in [0.3, 0.4) is 0 Å². The molecule has 0 saturated heterocycles. The third-order valence-corrected chi connectivity index (χ3v) is 6.20. The highest BCUT2D eigenvalue weighted by Crippen LogP contribution is 2.26. The van der Waals surface area contributed by atoms with Gasteiger partial charge in [-0.15, -0.1) is 0 Å². The van der Waals surface area contributed by atoms with E-state index in [4.69, 9.17) is 0 Å². The molecule has 2 N–H and O–H groups in total. The number of fused-ring (bicyclic) bond motifs is 1. The van der Waals surface area contributed by atoms with Crippen molar-refractivity contribution >= 4 is 23.3 Å². The topological polar surface area (TPSA) is 64.7 Å². The first-order valence-electron chi connectivity index (χ1n) is 12.3. The van der Waals surface area contributed by atoms with E-state index < -0.39 is 0 Å². The van der Waals surface area contributed by atoms with Crippen molar-refractivity contribution in [1.29, 1.82) is 0 Å². The van der Waals surface area contributed by atoms with E-state index in [1.165, 1.54) is 18.4 Å². The van der Waals surface area contributed by atoms with Crippen LogP contribution in [0.15, 0.2) is 48.5 Å². The number of benzene rings is 2. The molecular weight excluding hydrogens is 412 g/mol. The van der Waals surface area contributed by atoms with Crippen LogP contribution in [0.4, 0.5) is 16.2 Å². The fourth-order valence-corrected chi connectivity index (χ4v) is 4.21. The summed E-state index contributed by atoms with van der Waals surface area (Å²) in [5.41, 5.74) is 3.89. The second kappa shape index (κ2) is 13.0. The summed E-state index contributed by atoms with van der Waals surface area (Å²) in [7, 11) is 0. The number of aryl methyl sites for hydroxylation is 1. The van der Waals surface area contributed by atoms with Crippen LogP contribution < -0.4 is 15.5 Å². The molecule has 1 aliphatic rings. The molecule has 1 heterocycles. The molecule has 0 aromatic heterocycles. The van der Waals surface area contributed by atoms with Gasteiger partial charge in [-0.3, -0.25) is 9.69 Å². The number of hydrogen-bond acceptors (Lipinski definition) is 3. The quantitative estimate of drug-likeness (QED) is 0.544. The van der Waals surface area contributed by atoms with E-state index in [-0.39, 0.29) is 11.9 Å². The number of anilines is 2. The van der Waals surface area contributed by atoms with Crippen molar-refractivity contribution < 1.29 is 9.59 Å². The number of nitrogens with one attached hydrogen (secondary N) is 2. The molecule has 0 radical (unpaired) electrons. The van der Waals surface area contributed by atoms with E-state index in [1.54, 1.807) is 0 Å². The first kappa shape index (κ1) is 24.8. The van der Waals surface area contributed by atoms with Crippen molar-refractivity contribution in [2.24, 2.45) is 0 Å². The second-order valence-corrected chi connectivity index (χ2v) is 8.68. The molecular formula is C27H38N4O2. The van der Waals surface area contributed by atoms with Gasteiger partial charge in [0.1, 0.15) is 0 Å². The fourth-order valence-electron chi connectivity index (χ4n) is 4.21. The lowest BCUT2D eigenvalue weighted by Crippen LogP contribution is -2.36. The lowest BCUT2D eigenvalue weighted by atomic mass is 10.1. The molecule has 0 atom stereocenters. The Kier molecular flexibility index (Phi) is 9.76. The minimum atomic E-state index is -0.113. The molecule has 0 unspecified atom stereocenters. The van der Waals surface area contributed by atoms with Gasteiger partial charge in [-0.05, 0) is 68.1 Å². The Morgan fingerprint density at radius 2 is 1.79 bits per heavy atom. The van der Waals surface area contributed by atoms with Crippen LogP contribution in [0.25, 0.3) is 0 Å². The molecule has 0 bridgehead atoms. The maximum Gasteiger partial charge on any atom is 0.326 e. The van der Waals surface area contributed by atoms with Gasteiger partial charge in [0.25, 0.3) is 0 Å². The lowest BCUT2D eigenvalue weighted by molar-refractivity contribution is -0.120. The molecule has 6 heteroatoms. The van der Waals surface area contributed by atoms with Gasteiger partial charge in [-0.2, -0.15) is 0 Å². The summed E-state index contributed by atoms with van der Waals surface area (Å²) in [6.45, 7) is 8.71. The summed E-state index contributed by atoms with van der Waals surface area (Å²) >= 11 is 0. The van der Waals surface area contributed by atoms with Gasteiger partial charge in [0.2, 0.25) is 5.91 Å². The summed E-state index contributed by atoms with van der Waals surface area (Å²) in [5.74, 6) is 0.0273. The molecule has 6 nitrogen and oxygen atoms in total. The Hall–Kier alpha value is -2.86. The van der Waals surface area contributed by atoms with E-state index in [2.05, 4.69) is 35.4 Å². The number of likely N-dealkylation sites (N-methyl/N-ethyl adjacent to an activating group) is 1. The molecule has 178 valence electrons. The predicted molar refractivity (Wildman–Crippen MR) is 136 cm³/mol. The minimum Gasteiger partial charge on any atom is -0.355 e. The maximum absolute atomic E-state index is 13.0. The van der Waals surface area contributed by atoms with Crippen molar-refractivity contribution in [2.75, 3.05) is 42.9 Å². The van der Waals surface area contributed by atoms with E-state index >= 15 is 0 Å². The third kappa shape index (κ3) is 7.60. The highest BCUT2D eigenvalue weighted by atomic mass is 16.2. The van der Waals surface area contributed by atoms with Crippen LogP contribution in [-0.4, -0.2) is 49.6 Å². The van der Waals surface area contributed by atoms with Gasteiger partial charge in [-0.1, -0.05) is 50.6 Å². The summed E-state index contributed by atoms with van der Waals surface area (Å²) in [6.07, 6.45) is 5.80. The van der Waals surface area contributed by atoms with Crippen LogP contribution >= 0.6 is 0 Å². The molecule has 2 aromatic rings. The maximum atomic E-state index is 13.0. The molecule has 3 rings (SSSR count). The third-order valence-electron chi connectivity index (χ3n) is 6.20. The first-order chi connectivity index (χ1) is 16.1. The van der Waals surface area contributed by atoms with Gasteiger partial charge in [0, 0.05) is 31.0 Å². The summed E-state index contributed by atoms with van der Waals surface area (Å²) < 4.78 is 0. The number of carbonyl (C=O) groups excluding carboxylic acids is 2. The zero-order valence-corrected chi connectivity index (χ0v) is 20.1. The van der Waals surface area contributed by atoms with E-state index in [1.807, 2.05) is 47.4 Å². The summed E-state index contributed by atoms with van der Waals surface area (Å²) in [6, 6.07) is 15.6. The van der Waals surface area contributed by atoms with Gasteiger partial charge in [-0.25, -0.2) is 4.79 Å². The van der Waals surface area contributed by atoms with E-state index in [9.17, 15) is 9.59 Å². The van der Waals surface area contributed by atoms with Gasteiger partial charge in [0.05, 0.1) is 6.42 Å². The smallest absolute Gasteiger partial charge is 0.326 e. The molecule has 33 heavy (non-hydrogen) atoms. The first-order valence-corrected chi connectivity index (χ1v) is 12.3. The Balaban J connectivity index is 1.48. The van der Waals surface area contributed by atoms with E-state index in [0.717, 1.165) is 62.4 Å². The molecule has 0 saturated carbocycles. The average Bonchev–Trinajstić information content (AvgIpc) is 3.05. The van der Waals surface area contributed by atoms with Gasteiger partial charge < -0.3 is 15.5 Å². The number of urea groups is 1. The molecule has 0 spiro atoms. The van der Waals surface area contributed by atoms with Crippen LogP contribution in [-0.2, 0) is 17.6 Å². The minimum absolute atomic E-state index is 0.0273. The Morgan fingerprint density at radius 3 is 2.55 bits per heavy atom. The van der Waals surface area contributed by atoms with Crippen LogP contribution in [0.1, 0.15) is 50.7 Å². The van der Waals surface area contributed by atoms with Gasteiger partial charge >= 0.3 is 6.03 Å². The zero-order chi connectivity index (χ0) is 23.5. The molecule has 3 amide bonds. The Labute approximate surface area is 198 Å². The lowest BCUT2D eigenvalue weighted by Gasteiger charge is -2.23. The van der Waals surface area contributed by atoms with Crippen molar-refractivity contribution in [1.82, 2.24) is 10.2 Å². The highest BCUT2D eigenvalue weighted by Gasteiger charge is 2.20. The number of amides is 3. The van der Waals surface area contributed by atoms with Crippen LogP contribution in [0.5, 0.6) is 0 Å². The van der Waals surface area contributed by atoms with Crippen molar-refractivity contribution in [3.8, 4) is 0 Å². The fraction of sp³-hybridized carbons (Fsp3) is 0.481. The zero-order valence-electron chi connectivity index (χ0n) is 20.1. The largest absolute Gasteiger partial charge is 0.355 e. The normalized spacial score (nSPS) is 13.4. The SMILES string of the molecule is CCCCN(CC)CCNC(=O)Cc1ccc(NC(=O)N2CCCCc3ccccc32)cc1. The monoisotopic (exact) mass is 450 g/mol. The van der Waals surface area contributed by atoms with Crippen molar-refractivity contribution in [2.45, 2.75) is 52.4 Å². The Morgan fingerprint density at radius 1 is 1.00 bits per heavy atom. The average molecular weight is 451 g/mol. The number of carbonyl (C=O) groups is 2. The van der Waals surface area contributed by atoms with Crippen LogP contribution in [0, 0.1) is 0 Å². The Bertz CT molecular complexity index is 897. The number of unbranched alkanes of at least 4 members (excludes halogenated alkanes) is 1. The van der Waals surface area contributed by atoms with Crippen molar-refractivity contribution in [3.63, 3.8) is 0 Å². The van der Waals surface area contributed by atoms with Crippen LogP contribution in [0.2, 0.25) is 0 Å². The molecule has 0 fully saturated rings. The number of nitrogens with zero attached hydrogens (tertiary/aromatic N) is 2. The summed E-state index contributed by atoms with van der Waals surface area (Å²) in [4.78, 5) is 29.5. The molecule has 0 aliphatic carbocycles. The highest BCUT2D eigenvalue weighted by molar-refractivity contribution is 6.02. The molecule has 1 aliphatic heterocycles. The van der Waals surface area contributed by atoms with E-state index in [0.29, 0.717) is 13.0 Å². The molecule has 2 aromatic carbocycles. The van der Waals surface area contributed by atoms with Crippen molar-refractivity contribution in [3.05, 3.63) is 59.7 Å². The number of para-hydroxylation sites is 1. The number of rotatable bonds is 10. The predicted octanol–water partition coefficient (Wildman–Crippen LogP) is 4.84. The standard InChI is InChI=1S/C27H38N4O2/c1-3-5-18-30(4-2)20-17-28-26(32)21-22-13-15-24(16-14-22)29-27(33)31-19-9-8-11-23-10-6-7-12-25(23)31/h6-7,10,12-16H,3-5,8-9,11,17-21H2,1-2H3,(H,28,32)(H,29,33). The number of hydrogen-bond donors (Lipinski definition) is 2. The summed E-state index contributed by atoms with van der Waals surface area (Å²) in [5, 5.41) is 6.03. The van der Waals surface area contributed by atoms with Gasteiger partial charge in [0.15, 0.2) is 0 Å². The second-order valence-electron chi connectivity index (χ2n) is 8.68.